The molecule has 0 aromatic heterocycles. The van der Waals surface area contributed by atoms with E-state index in [0.29, 0.717) is 5.44 Å². The van der Waals surface area contributed by atoms with Crippen molar-refractivity contribution in [3.05, 3.63) is 0 Å². The average Bonchev–Trinajstić information content (AvgIpc) is 2.21. The Balaban J connectivity index is 1.88. The van der Waals surface area contributed by atoms with E-state index in [1.54, 1.807) is 0 Å². The highest BCUT2D eigenvalue weighted by atomic mass is 32.2. The normalized spacial score (nSPS) is 30.5. The van der Waals surface area contributed by atoms with Crippen LogP contribution in [0.1, 0.15) is 19.8 Å². The van der Waals surface area contributed by atoms with Crippen LogP contribution < -0.4 is 0 Å². The van der Waals surface area contributed by atoms with Crippen molar-refractivity contribution in [2.45, 2.75) is 25.2 Å². The van der Waals surface area contributed by atoms with Crippen molar-refractivity contribution in [2.24, 2.45) is 0 Å². The Morgan fingerprint density at radius 2 is 2.50 bits per heavy atom. The molecule has 1 aliphatic heterocycles. The molecule has 1 nitrogen and oxygen atoms in total. The van der Waals surface area contributed by atoms with Gasteiger partial charge >= 0.3 is 0 Å². The quantitative estimate of drug-likeness (QED) is 0.288. The van der Waals surface area contributed by atoms with Crippen LogP contribution in [0.15, 0.2) is 0 Å². The number of hydrogen-bond donors (Lipinski definition) is 0. The minimum Gasteiger partial charge on any atom is -0.114 e. The third-order valence-corrected chi connectivity index (χ3v) is 1.56. The molecule has 0 aromatic rings. The third kappa shape index (κ3) is 1.19. The Morgan fingerprint density at radius 3 is 2.67 bits per heavy atom. The summed E-state index contributed by atoms with van der Waals surface area (Å²) < 4.78 is 4.92. The highest BCUT2D eigenvalue weighted by Crippen LogP contribution is 2.18. The molecule has 36 valence electrons. The summed E-state index contributed by atoms with van der Waals surface area (Å²) >= 11 is 1.21. The lowest BCUT2D eigenvalue weighted by molar-refractivity contribution is 0.437. The summed E-state index contributed by atoms with van der Waals surface area (Å²) in [5.41, 5.74) is 0.620. The summed E-state index contributed by atoms with van der Waals surface area (Å²) in [7, 11) is 0. The van der Waals surface area contributed by atoms with Crippen molar-refractivity contribution in [1.29, 1.82) is 0 Å². The lowest BCUT2D eigenvalue weighted by Crippen LogP contribution is -1.77. The van der Waals surface area contributed by atoms with Gasteiger partial charge in [-0.2, -0.15) is 0 Å². The Labute approximate surface area is 42.3 Å². The van der Waals surface area contributed by atoms with Gasteiger partial charge in [-0.15, -0.1) is 4.18 Å². The standard InChI is InChI=1S/C4H8OS/c1-2-3-4-5-6-4/h4H,2-3H2,1H3/p+1. The van der Waals surface area contributed by atoms with E-state index in [2.05, 4.69) is 6.92 Å². The summed E-state index contributed by atoms with van der Waals surface area (Å²) in [5.74, 6) is 0. The van der Waals surface area contributed by atoms with Crippen molar-refractivity contribution in [2.75, 3.05) is 0 Å². The molecule has 1 atom stereocenters. The zero-order valence-electron chi connectivity index (χ0n) is 3.85. The van der Waals surface area contributed by atoms with Gasteiger partial charge in [-0.3, -0.25) is 0 Å². The zero-order chi connectivity index (χ0) is 4.41. The van der Waals surface area contributed by atoms with Crippen LogP contribution in [-0.4, -0.2) is 5.44 Å². The Kier molecular flexibility index (Phi) is 1.37. The highest BCUT2D eigenvalue weighted by molar-refractivity contribution is 7.79. The average molecular weight is 105 g/mol. The minimum absolute atomic E-state index is 0.620. The summed E-state index contributed by atoms with van der Waals surface area (Å²) in [4.78, 5) is 0. The van der Waals surface area contributed by atoms with E-state index in [1.807, 2.05) is 0 Å². The van der Waals surface area contributed by atoms with Crippen LogP contribution in [0.25, 0.3) is 0 Å². The van der Waals surface area contributed by atoms with Crippen molar-refractivity contribution < 1.29 is 4.18 Å². The maximum atomic E-state index is 4.92. The monoisotopic (exact) mass is 105 g/mol. The van der Waals surface area contributed by atoms with Crippen molar-refractivity contribution in [3.63, 3.8) is 0 Å². The molecule has 0 N–H and O–H groups in total. The molecule has 0 amide bonds. The van der Waals surface area contributed by atoms with Crippen molar-refractivity contribution in [1.82, 2.24) is 0 Å². The van der Waals surface area contributed by atoms with Crippen LogP contribution in [0.5, 0.6) is 0 Å². The van der Waals surface area contributed by atoms with Gasteiger partial charge in [0, 0.05) is 6.42 Å². The van der Waals surface area contributed by atoms with Crippen LogP contribution in [-0.2, 0) is 16.2 Å². The topological polar surface area (TPSA) is 12.5 Å². The molecule has 0 aromatic carbocycles. The van der Waals surface area contributed by atoms with Gasteiger partial charge in [0.15, 0.2) is 12.0 Å². The Morgan fingerprint density at radius 1 is 1.83 bits per heavy atom. The van der Waals surface area contributed by atoms with E-state index in [9.17, 15) is 0 Å². The summed E-state index contributed by atoms with van der Waals surface area (Å²) in [6.07, 6.45) is 2.51. The second-order valence-electron chi connectivity index (χ2n) is 1.45. The lowest BCUT2D eigenvalue weighted by atomic mass is 10.4. The fourth-order valence-corrected chi connectivity index (χ4v) is 0.950. The van der Waals surface area contributed by atoms with Crippen LogP contribution in [0, 0.1) is 0 Å². The molecule has 6 heavy (non-hydrogen) atoms. The molecule has 1 aliphatic rings. The van der Waals surface area contributed by atoms with Gasteiger partial charge in [0.05, 0.1) is 0 Å². The fraction of sp³-hybridized carbons (Fsp3) is 1.00. The summed E-state index contributed by atoms with van der Waals surface area (Å²) in [6.45, 7) is 2.18. The predicted molar refractivity (Wildman–Crippen MR) is 28.5 cm³/mol. The number of rotatable bonds is 2. The van der Waals surface area contributed by atoms with Gasteiger partial charge in [-0.1, -0.05) is 6.92 Å². The first-order valence-electron chi connectivity index (χ1n) is 2.29. The number of thiol groups is 1. The molecular weight excluding hydrogens is 96.1 g/mol. The van der Waals surface area contributed by atoms with Crippen LogP contribution >= 0.6 is 0 Å². The minimum atomic E-state index is 0.620. The van der Waals surface area contributed by atoms with E-state index in [4.69, 9.17) is 4.18 Å². The van der Waals surface area contributed by atoms with Gasteiger partial charge in [-0.25, -0.2) is 0 Å². The van der Waals surface area contributed by atoms with Gasteiger partial charge in [0.25, 0.3) is 5.44 Å². The van der Waals surface area contributed by atoms with Crippen LogP contribution in [0.4, 0.5) is 0 Å². The first-order valence-corrected chi connectivity index (χ1v) is 3.17. The fourth-order valence-electron chi connectivity index (χ4n) is 0.395. The third-order valence-electron chi connectivity index (χ3n) is 0.790. The summed E-state index contributed by atoms with van der Waals surface area (Å²) in [5, 5.41) is 0. The largest absolute Gasteiger partial charge is 0.296 e. The van der Waals surface area contributed by atoms with E-state index in [-0.39, 0.29) is 0 Å². The molecule has 0 radical (unpaired) electrons. The molecule has 0 spiro atoms. The lowest BCUT2D eigenvalue weighted by Gasteiger charge is -1.71. The molecular formula is C4H9OS+. The van der Waals surface area contributed by atoms with Crippen molar-refractivity contribution >= 4 is 12.0 Å². The molecule has 1 saturated heterocycles. The molecule has 0 saturated carbocycles. The van der Waals surface area contributed by atoms with Gasteiger partial charge < -0.3 is 0 Å². The molecule has 0 bridgehead atoms. The van der Waals surface area contributed by atoms with E-state index >= 15 is 0 Å². The first-order chi connectivity index (χ1) is 2.93. The van der Waals surface area contributed by atoms with Gasteiger partial charge in [-0.05, 0) is 6.42 Å². The SMILES string of the molecule is CCCC1O[SH+]1. The first kappa shape index (κ1) is 4.47. The van der Waals surface area contributed by atoms with E-state index in [0.717, 1.165) is 0 Å². The van der Waals surface area contributed by atoms with Crippen LogP contribution in [0.2, 0.25) is 0 Å². The number of hydrogen-bond acceptors (Lipinski definition) is 1. The van der Waals surface area contributed by atoms with E-state index < -0.39 is 0 Å². The maximum Gasteiger partial charge on any atom is 0.296 e. The highest BCUT2D eigenvalue weighted by Gasteiger charge is 2.36. The van der Waals surface area contributed by atoms with Crippen molar-refractivity contribution in [3.8, 4) is 0 Å². The Hall–Kier alpha value is 0.310. The molecule has 1 fully saturated rings. The van der Waals surface area contributed by atoms with Crippen LogP contribution in [0.3, 0.4) is 0 Å². The van der Waals surface area contributed by atoms with Gasteiger partial charge in [0.2, 0.25) is 0 Å². The van der Waals surface area contributed by atoms with Gasteiger partial charge in [0.1, 0.15) is 0 Å². The molecule has 0 aliphatic carbocycles. The smallest absolute Gasteiger partial charge is 0.114 e. The summed E-state index contributed by atoms with van der Waals surface area (Å²) in [6, 6.07) is 0. The Bertz CT molecular complexity index is 42.8. The second kappa shape index (κ2) is 1.85. The second-order valence-corrected chi connectivity index (χ2v) is 2.45. The predicted octanol–water partition coefficient (Wildman–Crippen LogP) is 0.873. The zero-order valence-corrected chi connectivity index (χ0v) is 4.74. The molecule has 1 rings (SSSR count). The van der Waals surface area contributed by atoms with E-state index in [1.165, 1.54) is 24.9 Å². The molecule has 1 unspecified atom stereocenters. The molecule has 2 heteroatoms. The molecule has 1 heterocycles. The maximum absolute atomic E-state index is 4.92.